The van der Waals surface area contributed by atoms with Crippen LogP contribution in [0.1, 0.15) is 10.4 Å². The van der Waals surface area contributed by atoms with Crippen molar-refractivity contribution < 1.29 is 19.1 Å². The zero-order valence-corrected chi connectivity index (χ0v) is 13.3. The van der Waals surface area contributed by atoms with E-state index in [1.165, 1.54) is 7.11 Å². The van der Waals surface area contributed by atoms with Gasteiger partial charge in [-0.3, -0.25) is 4.79 Å². The van der Waals surface area contributed by atoms with E-state index in [0.29, 0.717) is 24.4 Å². The van der Waals surface area contributed by atoms with Gasteiger partial charge in [0.15, 0.2) is 0 Å². The van der Waals surface area contributed by atoms with Gasteiger partial charge in [-0.2, -0.15) is 0 Å². The van der Waals surface area contributed by atoms with Crippen LogP contribution in [0.2, 0.25) is 0 Å². The SMILES string of the molecule is COC(=O)c1ccccc1NC(=O)CN1CCOc2ccccc21. The summed E-state index contributed by atoms with van der Waals surface area (Å²) in [4.78, 5) is 26.1. The second kappa shape index (κ2) is 7.04. The Morgan fingerprint density at radius 3 is 2.75 bits per heavy atom. The number of nitrogens with one attached hydrogen (secondary N) is 1. The summed E-state index contributed by atoms with van der Waals surface area (Å²) in [7, 11) is 1.31. The highest BCUT2D eigenvalue weighted by Gasteiger charge is 2.20. The number of nitrogens with zero attached hydrogens (tertiary/aromatic N) is 1. The molecule has 1 amide bonds. The first-order valence-electron chi connectivity index (χ1n) is 7.63. The Labute approximate surface area is 140 Å². The van der Waals surface area contributed by atoms with Gasteiger partial charge in [-0.05, 0) is 24.3 Å². The van der Waals surface area contributed by atoms with Gasteiger partial charge in [-0.15, -0.1) is 0 Å². The molecule has 0 aliphatic carbocycles. The van der Waals surface area contributed by atoms with Gasteiger partial charge in [0.25, 0.3) is 0 Å². The average molecular weight is 326 g/mol. The number of ether oxygens (including phenoxy) is 2. The molecule has 6 heteroatoms. The van der Waals surface area contributed by atoms with Crippen molar-refractivity contribution in [3.05, 3.63) is 54.1 Å². The predicted octanol–water partition coefficient (Wildman–Crippen LogP) is 2.31. The number of para-hydroxylation sites is 3. The van der Waals surface area contributed by atoms with Gasteiger partial charge in [0.2, 0.25) is 5.91 Å². The standard InChI is InChI=1S/C18H18N2O4/c1-23-18(22)13-6-2-3-7-14(13)19-17(21)12-20-10-11-24-16-9-5-4-8-15(16)20/h2-9H,10-12H2,1H3,(H,19,21). The summed E-state index contributed by atoms with van der Waals surface area (Å²) in [6.45, 7) is 1.34. The molecule has 2 aromatic rings. The Morgan fingerprint density at radius 2 is 1.92 bits per heavy atom. The van der Waals surface area contributed by atoms with Gasteiger partial charge < -0.3 is 19.7 Å². The average Bonchev–Trinajstić information content (AvgIpc) is 2.62. The van der Waals surface area contributed by atoms with Crippen LogP contribution in [0.3, 0.4) is 0 Å². The van der Waals surface area contributed by atoms with E-state index in [1.54, 1.807) is 24.3 Å². The molecule has 2 aromatic carbocycles. The second-order valence-corrected chi connectivity index (χ2v) is 5.32. The van der Waals surface area contributed by atoms with Gasteiger partial charge in [0.1, 0.15) is 12.4 Å². The molecule has 124 valence electrons. The Balaban J connectivity index is 1.73. The highest BCUT2D eigenvalue weighted by molar-refractivity contribution is 6.02. The quantitative estimate of drug-likeness (QED) is 0.873. The number of methoxy groups -OCH3 is 1. The van der Waals surface area contributed by atoms with E-state index in [9.17, 15) is 9.59 Å². The summed E-state index contributed by atoms with van der Waals surface area (Å²) in [6, 6.07) is 14.4. The molecule has 0 fully saturated rings. The summed E-state index contributed by atoms with van der Waals surface area (Å²) in [5.41, 5.74) is 1.66. The number of rotatable bonds is 4. The number of hydrogen-bond donors (Lipinski definition) is 1. The number of fused-ring (bicyclic) bond motifs is 1. The van der Waals surface area contributed by atoms with Crippen LogP contribution in [0.5, 0.6) is 5.75 Å². The summed E-state index contributed by atoms with van der Waals surface area (Å²) in [6.07, 6.45) is 0. The third kappa shape index (κ3) is 3.32. The third-order valence-electron chi connectivity index (χ3n) is 3.77. The van der Waals surface area contributed by atoms with Crippen LogP contribution in [-0.2, 0) is 9.53 Å². The smallest absolute Gasteiger partial charge is 0.339 e. The van der Waals surface area contributed by atoms with E-state index in [4.69, 9.17) is 9.47 Å². The van der Waals surface area contributed by atoms with Crippen molar-refractivity contribution >= 4 is 23.3 Å². The lowest BCUT2D eigenvalue weighted by Gasteiger charge is -2.30. The zero-order valence-electron chi connectivity index (χ0n) is 13.3. The fraction of sp³-hybridized carbons (Fsp3) is 0.222. The van der Waals surface area contributed by atoms with Crippen LogP contribution in [-0.4, -0.2) is 38.7 Å². The van der Waals surface area contributed by atoms with Gasteiger partial charge in [-0.25, -0.2) is 4.79 Å². The number of esters is 1. The van der Waals surface area contributed by atoms with Crippen LogP contribution in [0.4, 0.5) is 11.4 Å². The van der Waals surface area contributed by atoms with Gasteiger partial charge in [0.05, 0.1) is 37.1 Å². The normalized spacial score (nSPS) is 12.8. The van der Waals surface area contributed by atoms with Crippen LogP contribution in [0, 0.1) is 0 Å². The minimum atomic E-state index is -0.484. The van der Waals surface area contributed by atoms with Crippen LogP contribution in [0.15, 0.2) is 48.5 Å². The minimum absolute atomic E-state index is 0.176. The maximum Gasteiger partial charge on any atom is 0.339 e. The molecule has 0 unspecified atom stereocenters. The van der Waals surface area contributed by atoms with Gasteiger partial charge in [-0.1, -0.05) is 24.3 Å². The lowest BCUT2D eigenvalue weighted by atomic mass is 10.1. The molecule has 3 rings (SSSR count). The lowest BCUT2D eigenvalue weighted by molar-refractivity contribution is -0.115. The molecular formula is C18H18N2O4. The Bertz CT molecular complexity index is 760. The number of anilines is 2. The first-order chi connectivity index (χ1) is 11.7. The number of amides is 1. The van der Waals surface area contributed by atoms with Crippen LogP contribution in [0.25, 0.3) is 0 Å². The van der Waals surface area contributed by atoms with Crippen molar-refractivity contribution in [1.82, 2.24) is 0 Å². The van der Waals surface area contributed by atoms with E-state index in [1.807, 2.05) is 29.2 Å². The van der Waals surface area contributed by atoms with Crippen molar-refractivity contribution in [2.45, 2.75) is 0 Å². The number of benzene rings is 2. The lowest BCUT2D eigenvalue weighted by Crippen LogP contribution is -2.38. The van der Waals surface area contributed by atoms with Crippen molar-refractivity contribution in [3.63, 3.8) is 0 Å². The molecule has 6 nitrogen and oxygen atoms in total. The molecule has 0 atom stereocenters. The van der Waals surface area contributed by atoms with Crippen molar-refractivity contribution in [1.29, 1.82) is 0 Å². The molecule has 0 aromatic heterocycles. The number of carbonyl (C=O) groups excluding carboxylic acids is 2. The minimum Gasteiger partial charge on any atom is -0.490 e. The van der Waals surface area contributed by atoms with Crippen LogP contribution >= 0.6 is 0 Å². The predicted molar refractivity (Wildman–Crippen MR) is 90.6 cm³/mol. The molecule has 1 heterocycles. The van der Waals surface area contributed by atoms with Crippen LogP contribution < -0.4 is 15.0 Å². The maximum absolute atomic E-state index is 12.4. The van der Waals surface area contributed by atoms with Crippen molar-refractivity contribution in [3.8, 4) is 5.75 Å². The van der Waals surface area contributed by atoms with E-state index in [0.717, 1.165) is 11.4 Å². The van der Waals surface area contributed by atoms with E-state index < -0.39 is 5.97 Å². The fourth-order valence-corrected chi connectivity index (χ4v) is 2.63. The summed E-state index contributed by atoms with van der Waals surface area (Å²) in [5, 5.41) is 2.78. The van der Waals surface area contributed by atoms with E-state index >= 15 is 0 Å². The maximum atomic E-state index is 12.4. The Hall–Kier alpha value is -3.02. The van der Waals surface area contributed by atoms with Crippen molar-refractivity contribution in [2.24, 2.45) is 0 Å². The molecule has 0 saturated carbocycles. The highest BCUT2D eigenvalue weighted by atomic mass is 16.5. The topological polar surface area (TPSA) is 67.9 Å². The zero-order chi connectivity index (χ0) is 16.9. The molecule has 0 saturated heterocycles. The van der Waals surface area contributed by atoms with Gasteiger partial charge >= 0.3 is 5.97 Å². The molecule has 0 bridgehead atoms. The highest BCUT2D eigenvalue weighted by Crippen LogP contribution is 2.30. The van der Waals surface area contributed by atoms with E-state index in [-0.39, 0.29) is 12.5 Å². The molecule has 1 aliphatic heterocycles. The Morgan fingerprint density at radius 1 is 1.17 bits per heavy atom. The fourth-order valence-electron chi connectivity index (χ4n) is 2.63. The molecule has 0 radical (unpaired) electrons. The third-order valence-corrected chi connectivity index (χ3v) is 3.77. The number of hydrogen-bond acceptors (Lipinski definition) is 5. The first-order valence-corrected chi connectivity index (χ1v) is 7.63. The first kappa shape index (κ1) is 15.9. The summed E-state index contributed by atoms with van der Waals surface area (Å²) in [5.74, 6) is 0.0807. The summed E-state index contributed by atoms with van der Waals surface area (Å²) < 4.78 is 10.3. The van der Waals surface area contributed by atoms with Crippen molar-refractivity contribution in [2.75, 3.05) is 37.0 Å². The monoisotopic (exact) mass is 326 g/mol. The molecule has 1 aliphatic rings. The molecule has 0 spiro atoms. The largest absolute Gasteiger partial charge is 0.490 e. The molecular weight excluding hydrogens is 308 g/mol. The molecule has 1 N–H and O–H groups in total. The molecule has 24 heavy (non-hydrogen) atoms. The van der Waals surface area contributed by atoms with E-state index in [2.05, 4.69) is 5.32 Å². The van der Waals surface area contributed by atoms with Gasteiger partial charge in [0, 0.05) is 0 Å². The second-order valence-electron chi connectivity index (χ2n) is 5.32. The number of carbonyl (C=O) groups is 2. The Kier molecular flexibility index (Phi) is 4.65. The summed E-state index contributed by atoms with van der Waals surface area (Å²) >= 11 is 0.